The fourth-order valence-corrected chi connectivity index (χ4v) is 2.71. The van der Waals surface area contributed by atoms with Gasteiger partial charge < -0.3 is 10.6 Å². The van der Waals surface area contributed by atoms with Crippen LogP contribution >= 0.6 is 11.3 Å². The normalized spacial score (nSPS) is 10.8. The molecule has 1 heterocycles. The van der Waals surface area contributed by atoms with Gasteiger partial charge in [0.1, 0.15) is 0 Å². The van der Waals surface area contributed by atoms with Crippen LogP contribution in [0.1, 0.15) is 5.56 Å². The van der Waals surface area contributed by atoms with Gasteiger partial charge in [0.15, 0.2) is 17.5 Å². The molecule has 2 rings (SSSR count). The fraction of sp³-hybridized carbons (Fsp3) is 0.250. The summed E-state index contributed by atoms with van der Waals surface area (Å²) in [6.45, 7) is 0.245. The first-order chi connectivity index (χ1) is 11.9. The van der Waals surface area contributed by atoms with Crippen LogP contribution < -0.4 is 10.6 Å². The SMILES string of the molecule is CN(CC(=O)NCC(=O)Nc1ccc(F)c(F)c1F)Cc1ccsc1. The summed E-state index contributed by atoms with van der Waals surface area (Å²) in [5, 5.41) is 8.36. The summed E-state index contributed by atoms with van der Waals surface area (Å²) >= 11 is 1.56. The Kier molecular flexibility index (Phi) is 6.54. The molecule has 0 radical (unpaired) electrons. The molecule has 2 N–H and O–H groups in total. The van der Waals surface area contributed by atoms with E-state index < -0.39 is 41.5 Å². The Bertz CT molecular complexity index is 753. The minimum Gasteiger partial charge on any atom is -0.346 e. The number of halogens is 3. The first kappa shape index (κ1) is 18.9. The van der Waals surface area contributed by atoms with Gasteiger partial charge in [-0.1, -0.05) is 0 Å². The van der Waals surface area contributed by atoms with Gasteiger partial charge in [-0.25, -0.2) is 13.2 Å². The standard InChI is InChI=1S/C16H16F3N3O2S/c1-22(7-10-4-5-25-9-10)8-14(24)20-6-13(23)21-12-3-2-11(17)15(18)16(12)19/h2-5,9H,6-8H2,1H3,(H,20,24)(H,21,23). The molecule has 0 fully saturated rings. The number of anilines is 1. The van der Waals surface area contributed by atoms with Crippen molar-refractivity contribution in [1.82, 2.24) is 10.2 Å². The van der Waals surface area contributed by atoms with Gasteiger partial charge in [-0.15, -0.1) is 0 Å². The van der Waals surface area contributed by atoms with E-state index in [4.69, 9.17) is 0 Å². The van der Waals surface area contributed by atoms with Gasteiger partial charge in [0.05, 0.1) is 18.8 Å². The highest BCUT2D eigenvalue weighted by molar-refractivity contribution is 7.07. The van der Waals surface area contributed by atoms with Gasteiger partial charge in [-0.3, -0.25) is 14.5 Å². The van der Waals surface area contributed by atoms with E-state index >= 15 is 0 Å². The Morgan fingerprint density at radius 3 is 2.56 bits per heavy atom. The Morgan fingerprint density at radius 1 is 1.12 bits per heavy atom. The average Bonchev–Trinajstić information content (AvgIpc) is 3.06. The predicted molar refractivity (Wildman–Crippen MR) is 88.6 cm³/mol. The number of rotatable bonds is 7. The van der Waals surface area contributed by atoms with E-state index in [2.05, 4.69) is 10.6 Å². The molecule has 0 saturated heterocycles. The molecule has 0 aliphatic heterocycles. The largest absolute Gasteiger partial charge is 0.346 e. The number of carbonyl (C=O) groups is 2. The van der Waals surface area contributed by atoms with Crippen LogP contribution in [0.5, 0.6) is 0 Å². The lowest BCUT2D eigenvalue weighted by atomic mass is 10.2. The highest BCUT2D eigenvalue weighted by Crippen LogP contribution is 2.19. The van der Waals surface area contributed by atoms with Gasteiger partial charge in [-0.2, -0.15) is 11.3 Å². The second-order valence-electron chi connectivity index (χ2n) is 5.35. The first-order valence-electron chi connectivity index (χ1n) is 7.26. The maximum absolute atomic E-state index is 13.5. The summed E-state index contributed by atoms with van der Waals surface area (Å²) in [6.07, 6.45) is 0. The number of thiophene rings is 1. The molecule has 2 amide bonds. The number of nitrogens with zero attached hydrogens (tertiary/aromatic N) is 1. The van der Waals surface area contributed by atoms with E-state index in [0.29, 0.717) is 12.6 Å². The summed E-state index contributed by atoms with van der Waals surface area (Å²) in [5.41, 5.74) is 0.583. The topological polar surface area (TPSA) is 61.4 Å². The zero-order chi connectivity index (χ0) is 18.4. The molecule has 1 aromatic heterocycles. The summed E-state index contributed by atoms with van der Waals surface area (Å²) < 4.78 is 39.3. The number of hydrogen-bond donors (Lipinski definition) is 2. The molecule has 9 heteroatoms. The molecule has 0 atom stereocenters. The van der Waals surface area contributed by atoms with Gasteiger partial charge in [0.2, 0.25) is 11.8 Å². The van der Waals surface area contributed by atoms with E-state index in [1.807, 2.05) is 16.8 Å². The van der Waals surface area contributed by atoms with Crippen molar-refractivity contribution in [3.63, 3.8) is 0 Å². The Hall–Kier alpha value is -2.39. The molecule has 25 heavy (non-hydrogen) atoms. The maximum Gasteiger partial charge on any atom is 0.243 e. The van der Waals surface area contributed by atoms with Crippen molar-refractivity contribution in [2.75, 3.05) is 25.5 Å². The Balaban J connectivity index is 1.77. The number of nitrogens with one attached hydrogen (secondary N) is 2. The van der Waals surface area contributed by atoms with Gasteiger partial charge in [0, 0.05) is 6.54 Å². The molecular formula is C16H16F3N3O2S. The lowest BCUT2D eigenvalue weighted by molar-refractivity contribution is -0.124. The third-order valence-corrected chi connectivity index (χ3v) is 3.93. The van der Waals surface area contributed by atoms with Gasteiger partial charge in [-0.05, 0) is 41.6 Å². The predicted octanol–water partition coefficient (Wildman–Crippen LogP) is 2.35. The van der Waals surface area contributed by atoms with Crippen LogP contribution in [0.25, 0.3) is 0 Å². The summed E-state index contributed by atoms with van der Waals surface area (Å²) in [4.78, 5) is 25.2. The summed E-state index contributed by atoms with van der Waals surface area (Å²) in [5.74, 6) is -5.65. The molecule has 0 saturated carbocycles. The van der Waals surface area contributed by atoms with E-state index in [-0.39, 0.29) is 6.54 Å². The van der Waals surface area contributed by atoms with E-state index in [1.54, 1.807) is 23.3 Å². The zero-order valence-corrected chi connectivity index (χ0v) is 14.1. The molecule has 0 spiro atoms. The van der Waals surface area contributed by atoms with Crippen LogP contribution in [0.15, 0.2) is 29.0 Å². The van der Waals surface area contributed by atoms with Crippen LogP contribution in [0.3, 0.4) is 0 Å². The smallest absolute Gasteiger partial charge is 0.243 e. The third-order valence-electron chi connectivity index (χ3n) is 3.20. The van der Waals surface area contributed by atoms with Crippen molar-refractivity contribution in [3.8, 4) is 0 Å². The quantitative estimate of drug-likeness (QED) is 0.735. The monoisotopic (exact) mass is 371 g/mol. The highest BCUT2D eigenvalue weighted by Gasteiger charge is 2.15. The van der Waals surface area contributed by atoms with Gasteiger partial charge in [0.25, 0.3) is 0 Å². The lowest BCUT2D eigenvalue weighted by Gasteiger charge is -2.15. The molecule has 0 aliphatic rings. The van der Waals surface area contributed by atoms with Crippen molar-refractivity contribution in [2.45, 2.75) is 6.54 Å². The molecule has 1 aromatic carbocycles. The van der Waals surface area contributed by atoms with Gasteiger partial charge >= 0.3 is 0 Å². The Morgan fingerprint density at radius 2 is 1.88 bits per heavy atom. The van der Waals surface area contributed by atoms with E-state index in [9.17, 15) is 22.8 Å². The molecule has 5 nitrogen and oxygen atoms in total. The van der Waals surface area contributed by atoms with Crippen molar-refractivity contribution in [1.29, 1.82) is 0 Å². The fourth-order valence-electron chi connectivity index (χ4n) is 2.05. The van der Waals surface area contributed by atoms with Crippen LogP contribution in [0.2, 0.25) is 0 Å². The number of amides is 2. The molecule has 0 unspecified atom stereocenters. The summed E-state index contributed by atoms with van der Waals surface area (Å²) in [7, 11) is 1.76. The molecule has 0 aliphatic carbocycles. The highest BCUT2D eigenvalue weighted by atomic mass is 32.1. The molecular weight excluding hydrogens is 355 g/mol. The first-order valence-corrected chi connectivity index (χ1v) is 8.20. The number of likely N-dealkylation sites (N-methyl/N-ethyl adjacent to an activating group) is 1. The molecule has 2 aromatic rings. The van der Waals surface area contributed by atoms with Crippen molar-refractivity contribution < 1.29 is 22.8 Å². The molecule has 0 bridgehead atoms. The minimum absolute atomic E-state index is 0.0721. The third kappa shape index (κ3) is 5.57. The van der Waals surface area contributed by atoms with Crippen LogP contribution in [0, 0.1) is 17.5 Å². The second-order valence-corrected chi connectivity index (χ2v) is 6.13. The van der Waals surface area contributed by atoms with Crippen LogP contribution in [-0.4, -0.2) is 36.9 Å². The van der Waals surface area contributed by atoms with Crippen LogP contribution in [-0.2, 0) is 16.1 Å². The summed E-state index contributed by atoms with van der Waals surface area (Å²) in [6, 6.07) is 3.55. The maximum atomic E-state index is 13.5. The molecule has 134 valence electrons. The Labute approximate surface area is 146 Å². The average molecular weight is 371 g/mol. The zero-order valence-electron chi connectivity index (χ0n) is 13.3. The van der Waals surface area contributed by atoms with E-state index in [1.165, 1.54) is 0 Å². The van der Waals surface area contributed by atoms with Crippen molar-refractivity contribution in [2.24, 2.45) is 0 Å². The van der Waals surface area contributed by atoms with Crippen molar-refractivity contribution in [3.05, 3.63) is 52.0 Å². The number of hydrogen-bond acceptors (Lipinski definition) is 4. The minimum atomic E-state index is -1.67. The lowest BCUT2D eigenvalue weighted by Crippen LogP contribution is -2.39. The second kappa shape index (κ2) is 8.63. The van der Waals surface area contributed by atoms with E-state index in [0.717, 1.165) is 11.6 Å². The van der Waals surface area contributed by atoms with Crippen molar-refractivity contribution >= 4 is 28.8 Å². The number of carbonyl (C=O) groups excluding carboxylic acids is 2. The number of benzene rings is 1. The van der Waals surface area contributed by atoms with Crippen LogP contribution in [0.4, 0.5) is 18.9 Å².